The highest BCUT2D eigenvalue weighted by Gasteiger charge is 2.25. The van der Waals surface area contributed by atoms with E-state index in [0.717, 1.165) is 29.7 Å². The van der Waals surface area contributed by atoms with Crippen LogP contribution in [0.2, 0.25) is 5.02 Å². The standard InChI is InChI=1S/C20H20ClNO3/c1-13-9-17(21)10-16-6-4-8-22(20(13)16)19(24)12-25-18-7-3-5-15(11-18)14(2)23/h3,5,7,9-11H,4,6,8,12H2,1-2H3. The molecule has 0 radical (unpaired) electrons. The van der Waals surface area contributed by atoms with Crippen molar-refractivity contribution >= 4 is 29.0 Å². The summed E-state index contributed by atoms with van der Waals surface area (Å²) in [4.78, 5) is 25.9. The van der Waals surface area contributed by atoms with Gasteiger partial charge in [0.25, 0.3) is 5.91 Å². The number of Topliss-reactive ketones (excluding diaryl/α,β-unsaturated/α-hetero) is 1. The Bertz CT molecular complexity index is 832. The minimum absolute atomic E-state index is 0.0331. The van der Waals surface area contributed by atoms with E-state index < -0.39 is 0 Å². The number of ketones is 1. The van der Waals surface area contributed by atoms with Crippen LogP contribution in [0, 0.1) is 6.92 Å². The van der Waals surface area contributed by atoms with Crippen molar-refractivity contribution in [1.82, 2.24) is 0 Å². The molecule has 0 N–H and O–H groups in total. The summed E-state index contributed by atoms with van der Waals surface area (Å²) in [6, 6.07) is 10.7. The first kappa shape index (κ1) is 17.5. The van der Waals surface area contributed by atoms with E-state index in [4.69, 9.17) is 16.3 Å². The summed E-state index contributed by atoms with van der Waals surface area (Å²) in [5, 5.41) is 0.697. The van der Waals surface area contributed by atoms with E-state index in [-0.39, 0.29) is 18.3 Å². The van der Waals surface area contributed by atoms with Crippen LogP contribution in [0.15, 0.2) is 36.4 Å². The van der Waals surface area contributed by atoms with Gasteiger partial charge in [-0.3, -0.25) is 9.59 Å². The summed E-state index contributed by atoms with van der Waals surface area (Å²) in [7, 11) is 0. The van der Waals surface area contributed by atoms with Gasteiger partial charge in [-0.25, -0.2) is 0 Å². The van der Waals surface area contributed by atoms with Crippen molar-refractivity contribution in [2.75, 3.05) is 18.1 Å². The molecule has 3 rings (SSSR count). The quantitative estimate of drug-likeness (QED) is 0.770. The normalized spacial score (nSPS) is 13.3. The summed E-state index contributed by atoms with van der Waals surface area (Å²) < 4.78 is 5.62. The first-order chi connectivity index (χ1) is 12.0. The number of benzene rings is 2. The van der Waals surface area contributed by atoms with Gasteiger partial charge in [-0.15, -0.1) is 0 Å². The maximum atomic E-state index is 12.7. The van der Waals surface area contributed by atoms with Gasteiger partial charge in [-0.2, -0.15) is 0 Å². The maximum absolute atomic E-state index is 12.7. The average molecular weight is 358 g/mol. The van der Waals surface area contributed by atoms with Gasteiger partial charge >= 0.3 is 0 Å². The SMILES string of the molecule is CC(=O)c1cccc(OCC(=O)N2CCCc3cc(Cl)cc(C)c32)c1. The molecule has 0 fully saturated rings. The Morgan fingerprint density at radius 3 is 2.80 bits per heavy atom. The first-order valence-corrected chi connectivity index (χ1v) is 8.66. The molecule has 4 nitrogen and oxygen atoms in total. The lowest BCUT2D eigenvalue weighted by Gasteiger charge is -2.31. The molecule has 2 aromatic carbocycles. The molecule has 0 saturated heterocycles. The third-order valence-corrected chi connectivity index (χ3v) is 4.56. The van der Waals surface area contributed by atoms with Crippen molar-refractivity contribution in [3.05, 3.63) is 58.1 Å². The molecule has 0 bridgehead atoms. The van der Waals surface area contributed by atoms with Crippen LogP contribution in [0.1, 0.15) is 34.8 Å². The third kappa shape index (κ3) is 3.85. The smallest absolute Gasteiger partial charge is 0.264 e. The molecule has 0 aliphatic carbocycles. The molecule has 1 amide bonds. The van der Waals surface area contributed by atoms with Gasteiger partial charge in [-0.1, -0.05) is 23.7 Å². The second-order valence-corrected chi connectivity index (χ2v) is 6.69. The average Bonchev–Trinajstić information content (AvgIpc) is 2.59. The Kier molecular flexibility index (Phi) is 5.09. The van der Waals surface area contributed by atoms with Crippen LogP contribution in [0.25, 0.3) is 0 Å². The minimum atomic E-state index is -0.0976. The Morgan fingerprint density at radius 2 is 2.04 bits per heavy atom. The molecule has 0 aromatic heterocycles. The van der Waals surface area contributed by atoms with Crippen LogP contribution in [-0.2, 0) is 11.2 Å². The van der Waals surface area contributed by atoms with E-state index in [1.165, 1.54) is 6.92 Å². The Hall–Kier alpha value is -2.33. The number of nitrogens with zero attached hydrogens (tertiary/aromatic N) is 1. The topological polar surface area (TPSA) is 46.6 Å². The molecule has 0 spiro atoms. The van der Waals surface area contributed by atoms with E-state index in [9.17, 15) is 9.59 Å². The first-order valence-electron chi connectivity index (χ1n) is 8.29. The van der Waals surface area contributed by atoms with Crippen molar-refractivity contribution in [2.24, 2.45) is 0 Å². The molecule has 1 heterocycles. The van der Waals surface area contributed by atoms with Gasteiger partial charge < -0.3 is 9.64 Å². The molecular weight excluding hydrogens is 338 g/mol. The second kappa shape index (κ2) is 7.28. The Balaban J connectivity index is 1.75. The van der Waals surface area contributed by atoms with Crippen molar-refractivity contribution in [3.8, 4) is 5.75 Å². The highest BCUT2D eigenvalue weighted by molar-refractivity contribution is 6.30. The van der Waals surface area contributed by atoms with E-state index in [1.54, 1.807) is 29.2 Å². The third-order valence-electron chi connectivity index (χ3n) is 4.35. The maximum Gasteiger partial charge on any atom is 0.264 e. The van der Waals surface area contributed by atoms with Crippen LogP contribution in [0.3, 0.4) is 0 Å². The van der Waals surface area contributed by atoms with Gasteiger partial charge in [0.1, 0.15) is 5.75 Å². The lowest BCUT2D eigenvalue weighted by molar-refractivity contribution is -0.120. The Labute approximate surface area is 152 Å². The molecule has 2 aromatic rings. The lowest BCUT2D eigenvalue weighted by Crippen LogP contribution is -2.39. The predicted octanol–water partition coefficient (Wildman–Crippen LogP) is 4.21. The summed E-state index contributed by atoms with van der Waals surface area (Å²) in [5.74, 6) is 0.389. The van der Waals surface area contributed by atoms with Crippen molar-refractivity contribution < 1.29 is 14.3 Å². The van der Waals surface area contributed by atoms with Gasteiger partial charge in [0.2, 0.25) is 0 Å². The fraction of sp³-hybridized carbons (Fsp3) is 0.300. The van der Waals surface area contributed by atoms with Gasteiger partial charge in [-0.05, 0) is 62.1 Å². The number of aryl methyl sites for hydroxylation is 2. The molecule has 0 saturated carbocycles. The van der Waals surface area contributed by atoms with Gasteiger partial charge in [0, 0.05) is 22.8 Å². The minimum Gasteiger partial charge on any atom is -0.484 e. The number of hydrogen-bond acceptors (Lipinski definition) is 3. The van der Waals surface area contributed by atoms with Crippen molar-refractivity contribution in [3.63, 3.8) is 0 Å². The number of halogens is 1. The lowest BCUT2D eigenvalue weighted by atomic mass is 9.98. The van der Waals surface area contributed by atoms with Crippen LogP contribution < -0.4 is 9.64 Å². The summed E-state index contributed by atoms with van der Waals surface area (Å²) in [5.41, 5.74) is 3.61. The largest absolute Gasteiger partial charge is 0.484 e. The van der Waals surface area contributed by atoms with E-state index >= 15 is 0 Å². The molecule has 1 aliphatic heterocycles. The van der Waals surface area contributed by atoms with E-state index in [2.05, 4.69) is 0 Å². The monoisotopic (exact) mass is 357 g/mol. The molecule has 0 unspecified atom stereocenters. The number of carbonyl (C=O) groups is 2. The fourth-order valence-electron chi connectivity index (χ4n) is 3.20. The van der Waals surface area contributed by atoms with E-state index in [0.29, 0.717) is 22.9 Å². The zero-order chi connectivity index (χ0) is 18.0. The van der Waals surface area contributed by atoms with Gasteiger partial charge in [0.05, 0.1) is 0 Å². The molecule has 5 heteroatoms. The van der Waals surface area contributed by atoms with Crippen LogP contribution >= 0.6 is 11.6 Å². The van der Waals surface area contributed by atoms with Crippen LogP contribution in [0.5, 0.6) is 5.75 Å². The van der Waals surface area contributed by atoms with E-state index in [1.807, 2.05) is 19.1 Å². The number of hydrogen-bond donors (Lipinski definition) is 0. The van der Waals surface area contributed by atoms with Crippen LogP contribution in [-0.4, -0.2) is 24.8 Å². The number of amides is 1. The van der Waals surface area contributed by atoms with Crippen molar-refractivity contribution in [1.29, 1.82) is 0 Å². The number of anilines is 1. The zero-order valence-electron chi connectivity index (χ0n) is 14.3. The number of rotatable bonds is 4. The molecule has 25 heavy (non-hydrogen) atoms. The number of carbonyl (C=O) groups excluding carboxylic acids is 2. The Morgan fingerprint density at radius 1 is 1.24 bits per heavy atom. The number of ether oxygens (including phenoxy) is 1. The molecule has 1 aliphatic rings. The second-order valence-electron chi connectivity index (χ2n) is 6.25. The molecular formula is C20H20ClNO3. The summed E-state index contributed by atoms with van der Waals surface area (Å²) in [6.45, 7) is 4.07. The summed E-state index contributed by atoms with van der Waals surface area (Å²) >= 11 is 6.14. The zero-order valence-corrected chi connectivity index (χ0v) is 15.1. The fourth-order valence-corrected chi connectivity index (χ4v) is 3.49. The highest BCUT2D eigenvalue weighted by Crippen LogP contribution is 2.33. The predicted molar refractivity (Wildman–Crippen MR) is 98.8 cm³/mol. The van der Waals surface area contributed by atoms with Crippen LogP contribution in [0.4, 0.5) is 5.69 Å². The highest BCUT2D eigenvalue weighted by atomic mass is 35.5. The summed E-state index contributed by atoms with van der Waals surface area (Å²) in [6.07, 6.45) is 1.82. The van der Waals surface area contributed by atoms with Gasteiger partial charge in [0.15, 0.2) is 12.4 Å². The molecule has 0 atom stereocenters. The number of fused-ring (bicyclic) bond motifs is 1. The molecule has 130 valence electrons. The van der Waals surface area contributed by atoms with Crippen molar-refractivity contribution in [2.45, 2.75) is 26.7 Å².